The lowest BCUT2D eigenvalue weighted by atomic mass is 10.0. The first-order chi connectivity index (χ1) is 11.1. The number of ether oxygens (including phenoxy) is 1. The van der Waals surface area contributed by atoms with Crippen molar-refractivity contribution in [2.24, 2.45) is 5.92 Å². The fourth-order valence-corrected chi connectivity index (χ4v) is 2.96. The minimum absolute atomic E-state index is 0.0324. The van der Waals surface area contributed by atoms with Crippen LogP contribution in [0.15, 0.2) is 24.3 Å². The van der Waals surface area contributed by atoms with E-state index >= 15 is 0 Å². The third kappa shape index (κ3) is 4.47. The molecule has 2 aliphatic rings. The normalized spacial score (nSPS) is 18.6. The van der Waals surface area contributed by atoms with Gasteiger partial charge in [-0.15, -0.1) is 0 Å². The van der Waals surface area contributed by atoms with E-state index in [1.807, 2.05) is 36.1 Å². The maximum Gasteiger partial charge on any atom is 0.258 e. The van der Waals surface area contributed by atoms with Gasteiger partial charge in [-0.25, -0.2) is 0 Å². The van der Waals surface area contributed by atoms with Gasteiger partial charge in [0.15, 0.2) is 6.61 Å². The molecule has 124 valence electrons. The molecule has 0 unspecified atom stereocenters. The summed E-state index contributed by atoms with van der Waals surface area (Å²) in [7, 11) is 0. The number of carbonyl (C=O) groups is 2. The summed E-state index contributed by atoms with van der Waals surface area (Å²) in [5.41, 5.74) is 1.11. The fraction of sp³-hybridized carbons (Fsp3) is 0.556. The van der Waals surface area contributed by atoms with Gasteiger partial charge in [0.1, 0.15) is 5.75 Å². The lowest BCUT2D eigenvalue weighted by Gasteiger charge is -2.32. The number of carbonyl (C=O) groups excluding carboxylic acids is 2. The first-order valence-electron chi connectivity index (χ1n) is 8.39. The molecule has 2 amide bonds. The highest BCUT2D eigenvalue weighted by Gasteiger charge is 2.35. The maximum absolute atomic E-state index is 12.0. The topological polar surface area (TPSA) is 58.6 Å². The molecule has 1 saturated heterocycles. The third-order valence-electron chi connectivity index (χ3n) is 4.46. The summed E-state index contributed by atoms with van der Waals surface area (Å²) in [6, 6.07) is 7.81. The van der Waals surface area contributed by atoms with E-state index in [9.17, 15) is 9.59 Å². The molecule has 1 aliphatic carbocycles. The van der Waals surface area contributed by atoms with E-state index in [-0.39, 0.29) is 24.5 Å². The van der Waals surface area contributed by atoms with Gasteiger partial charge in [0.25, 0.3) is 5.91 Å². The average molecular weight is 316 g/mol. The fourth-order valence-electron chi connectivity index (χ4n) is 2.96. The molecule has 1 aromatic carbocycles. The summed E-state index contributed by atoms with van der Waals surface area (Å²) in [5, 5.41) is 3.01. The highest BCUT2D eigenvalue weighted by atomic mass is 16.5. The molecule has 3 rings (SSSR count). The Morgan fingerprint density at radius 1 is 1.22 bits per heavy atom. The number of nitrogens with zero attached hydrogens (tertiary/aromatic N) is 1. The zero-order valence-corrected chi connectivity index (χ0v) is 13.6. The number of hydrogen-bond acceptors (Lipinski definition) is 3. The van der Waals surface area contributed by atoms with Crippen molar-refractivity contribution in [1.29, 1.82) is 0 Å². The molecule has 2 fully saturated rings. The molecule has 0 spiro atoms. The Morgan fingerprint density at radius 2 is 1.96 bits per heavy atom. The van der Waals surface area contributed by atoms with Crippen LogP contribution in [0, 0.1) is 12.8 Å². The highest BCUT2D eigenvalue weighted by Crippen LogP contribution is 2.31. The smallest absolute Gasteiger partial charge is 0.258 e. The summed E-state index contributed by atoms with van der Waals surface area (Å²) in [6.07, 6.45) is 3.75. The van der Waals surface area contributed by atoms with Crippen molar-refractivity contribution in [3.8, 4) is 5.75 Å². The molecule has 1 aromatic rings. The quantitative estimate of drug-likeness (QED) is 0.902. The molecule has 0 atom stereocenters. The molecule has 1 N–H and O–H groups in total. The number of nitrogens with one attached hydrogen (secondary N) is 1. The number of amides is 2. The standard InChI is InChI=1S/C18H24N2O3/c1-13-3-2-4-16(11-13)23-12-17(21)19-15-7-9-20(10-8-15)18(22)14-5-6-14/h2-4,11,14-15H,5-10,12H2,1H3,(H,19,21). The van der Waals surface area contributed by atoms with Gasteiger partial charge in [0, 0.05) is 25.0 Å². The molecule has 5 nitrogen and oxygen atoms in total. The van der Waals surface area contributed by atoms with Crippen molar-refractivity contribution in [1.82, 2.24) is 10.2 Å². The van der Waals surface area contributed by atoms with Gasteiger partial charge in [0.2, 0.25) is 5.91 Å². The maximum atomic E-state index is 12.0. The Bertz CT molecular complexity index is 575. The zero-order valence-electron chi connectivity index (χ0n) is 13.6. The van der Waals surface area contributed by atoms with Crippen LogP contribution in [0.4, 0.5) is 0 Å². The predicted octanol–water partition coefficient (Wildman–Crippen LogP) is 1.89. The van der Waals surface area contributed by atoms with Crippen LogP contribution in [0.5, 0.6) is 5.75 Å². The highest BCUT2D eigenvalue weighted by molar-refractivity contribution is 5.81. The van der Waals surface area contributed by atoms with Crippen molar-refractivity contribution in [3.05, 3.63) is 29.8 Å². The number of aryl methyl sites for hydroxylation is 1. The third-order valence-corrected chi connectivity index (χ3v) is 4.46. The molecular formula is C18H24N2O3. The van der Waals surface area contributed by atoms with E-state index in [2.05, 4.69) is 5.32 Å². The monoisotopic (exact) mass is 316 g/mol. The minimum atomic E-state index is -0.0986. The second-order valence-corrected chi connectivity index (χ2v) is 6.55. The zero-order chi connectivity index (χ0) is 16.2. The molecule has 1 aliphatic heterocycles. The van der Waals surface area contributed by atoms with Crippen LogP contribution in [0.1, 0.15) is 31.2 Å². The number of hydrogen-bond donors (Lipinski definition) is 1. The number of rotatable bonds is 5. The lowest BCUT2D eigenvalue weighted by Crippen LogP contribution is -2.47. The number of likely N-dealkylation sites (tertiary alicyclic amines) is 1. The number of benzene rings is 1. The van der Waals surface area contributed by atoms with Crippen LogP contribution >= 0.6 is 0 Å². The predicted molar refractivity (Wildman–Crippen MR) is 87.1 cm³/mol. The Morgan fingerprint density at radius 3 is 2.61 bits per heavy atom. The summed E-state index contributed by atoms with van der Waals surface area (Å²) >= 11 is 0. The lowest BCUT2D eigenvalue weighted by molar-refractivity contribution is -0.133. The van der Waals surface area contributed by atoms with Crippen LogP contribution in [-0.4, -0.2) is 42.5 Å². The molecule has 0 aromatic heterocycles. The Hall–Kier alpha value is -2.04. The first-order valence-corrected chi connectivity index (χ1v) is 8.39. The van der Waals surface area contributed by atoms with E-state index in [0.717, 1.165) is 44.3 Å². The molecule has 1 saturated carbocycles. The van der Waals surface area contributed by atoms with Crippen LogP contribution in [0.2, 0.25) is 0 Å². The van der Waals surface area contributed by atoms with E-state index in [0.29, 0.717) is 11.7 Å². The van der Waals surface area contributed by atoms with Gasteiger partial charge in [-0.05, 0) is 50.3 Å². The first kappa shape index (κ1) is 15.8. The summed E-state index contributed by atoms with van der Waals surface area (Å²) in [4.78, 5) is 25.9. The second kappa shape index (κ2) is 7.02. The Balaban J connectivity index is 1.38. The Labute approximate surface area is 137 Å². The summed E-state index contributed by atoms with van der Waals surface area (Å²) in [6.45, 7) is 3.52. The second-order valence-electron chi connectivity index (χ2n) is 6.55. The van der Waals surface area contributed by atoms with E-state index < -0.39 is 0 Å². The van der Waals surface area contributed by atoms with Gasteiger partial charge in [-0.1, -0.05) is 12.1 Å². The minimum Gasteiger partial charge on any atom is -0.484 e. The molecule has 23 heavy (non-hydrogen) atoms. The van der Waals surface area contributed by atoms with Crippen molar-refractivity contribution >= 4 is 11.8 Å². The molecule has 0 bridgehead atoms. The molecular weight excluding hydrogens is 292 g/mol. The van der Waals surface area contributed by atoms with E-state index in [4.69, 9.17) is 4.74 Å². The summed E-state index contributed by atoms with van der Waals surface area (Å²) < 4.78 is 5.51. The van der Waals surface area contributed by atoms with Gasteiger partial charge >= 0.3 is 0 Å². The van der Waals surface area contributed by atoms with Gasteiger partial charge < -0.3 is 15.0 Å². The van der Waals surface area contributed by atoms with Crippen LogP contribution < -0.4 is 10.1 Å². The molecule has 1 heterocycles. The Kier molecular flexibility index (Phi) is 4.84. The van der Waals surface area contributed by atoms with Gasteiger partial charge in [-0.2, -0.15) is 0 Å². The van der Waals surface area contributed by atoms with Gasteiger partial charge in [-0.3, -0.25) is 9.59 Å². The van der Waals surface area contributed by atoms with E-state index in [1.54, 1.807) is 0 Å². The van der Waals surface area contributed by atoms with Crippen molar-refractivity contribution in [3.63, 3.8) is 0 Å². The van der Waals surface area contributed by atoms with Crippen molar-refractivity contribution in [2.75, 3.05) is 19.7 Å². The van der Waals surface area contributed by atoms with Crippen LogP contribution in [0.25, 0.3) is 0 Å². The van der Waals surface area contributed by atoms with Crippen molar-refractivity contribution in [2.45, 2.75) is 38.6 Å². The van der Waals surface area contributed by atoms with Crippen LogP contribution in [0.3, 0.4) is 0 Å². The SMILES string of the molecule is Cc1cccc(OCC(=O)NC2CCN(C(=O)C3CC3)CC2)c1. The van der Waals surface area contributed by atoms with Crippen LogP contribution in [-0.2, 0) is 9.59 Å². The van der Waals surface area contributed by atoms with Crippen molar-refractivity contribution < 1.29 is 14.3 Å². The number of piperidine rings is 1. The summed E-state index contributed by atoms with van der Waals surface area (Å²) in [5.74, 6) is 1.20. The van der Waals surface area contributed by atoms with E-state index in [1.165, 1.54) is 0 Å². The largest absolute Gasteiger partial charge is 0.484 e. The average Bonchev–Trinajstić information content (AvgIpc) is 3.38. The van der Waals surface area contributed by atoms with Gasteiger partial charge in [0.05, 0.1) is 0 Å². The molecule has 0 radical (unpaired) electrons. The molecule has 5 heteroatoms.